The highest BCUT2D eigenvalue weighted by Gasteiger charge is 2.15. The number of methoxy groups -OCH3 is 2. The number of hydrogen-bond acceptors (Lipinski definition) is 3. The number of ether oxygens (including phenoxy) is 2. The average Bonchev–Trinajstić information content (AvgIpc) is 2.47. The molecule has 0 N–H and O–H groups in total. The van der Waals surface area contributed by atoms with Gasteiger partial charge in [0.1, 0.15) is 0 Å². The lowest BCUT2D eigenvalue weighted by atomic mass is 10.1. The van der Waals surface area contributed by atoms with E-state index in [0.29, 0.717) is 23.7 Å². The highest BCUT2D eigenvalue weighted by molar-refractivity contribution is 5.46. The van der Waals surface area contributed by atoms with Crippen LogP contribution in [-0.2, 0) is 6.54 Å². The fourth-order valence-corrected chi connectivity index (χ4v) is 1.98. The van der Waals surface area contributed by atoms with Gasteiger partial charge in [-0.3, -0.25) is 0 Å². The standard InChI is InChI=1S/C15H15N2O2/c1-18-14-8-5-6-12(15(14)19-2)11-17-9-4-3-7-13(17)10-16/h3-9H,11H2,1-2H3/q+1. The second-order valence-corrected chi connectivity index (χ2v) is 3.98. The molecule has 0 saturated heterocycles. The third-order valence-electron chi connectivity index (χ3n) is 2.88. The summed E-state index contributed by atoms with van der Waals surface area (Å²) >= 11 is 0. The Kier molecular flexibility index (Phi) is 3.99. The lowest BCUT2D eigenvalue weighted by Crippen LogP contribution is -2.37. The van der Waals surface area contributed by atoms with E-state index in [9.17, 15) is 0 Å². The number of benzene rings is 1. The van der Waals surface area contributed by atoms with Crippen LogP contribution in [0.5, 0.6) is 11.5 Å². The zero-order valence-electron chi connectivity index (χ0n) is 11.0. The van der Waals surface area contributed by atoms with E-state index in [0.717, 1.165) is 5.56 Å². The van der Waals surface area contributed by atoms with Crippen molar-refractivity contribution in [2.75, 3.05) is 14.2 Å². The molecule has 0 aliphatic heterocycles. The molecular formula is C15H15N2O2+. The minimum absolute atomic E-state index is 0.560. The van der Waals surface area contributed by atoms with Crippen molar-refractivity contribution < 1.29 is 14.0 Å². The summed E-state index contributed by atoms with van der Waals surface area (Å²) in [6.07, 6.45) is 1.87. The van der Waals surface area contributed by atoms with E-state index < -0.39 is 0 Å². The maximum Gasteiger partial charge on any atom is 0.283 e. The van der Waals surface area contributed by atoms with Crippen LogP contribution < -0.4 is 14.0 Å². The van der Waals surface area contributed by atoms with Crippen LogP contribution in [0.4, 0.5) is 0 Å². The van der Waals surface area contributed by atoms with Gasteiger partial charge in [0.2, 0.25) is 0 Å². The molecule has 4 nitrogen and oxygen atoms in total. The molecule has 0 saturated carbocycles. The fraction of sp³-hybridized carbons (Fsp3) is 0.200. The highest BCUT2D eigenvalue weighted by Crippen LogP contribution is 2.30. The van der Waals surface area contributed by atoms with Crippen LogP contribution in [0.1, 0.15) is 11.3 Å². The molecule has 96 valence electrons. The van der Waals surface area contributed by atoms with Crippen molar-refractivity contribution in [3.05, 3.63) is 53.9 Å². The first kappa shape index (κ1) is 12.9. The molecule has 19 heavy (non-hydrogen) atoms. The monoisotopic (exact) mass is 255 g/mol. The summed E-state index contributed by atoms with van der Waals surface area (Å²) in [5.74, 6) is 1.39. The zero-order valence-corrected chi connectivity index (χ0v) is 11.0. The Morgan fingerprint density at radius 1 is 1.11 bits per heavy atom. The summed E-state index contributed by atoms with van der Waals surface area (Å²) in [5, 5.41) is 9.10. The highest BCUT2D eigenvalue weighted by atomic mass is 16.5. The molecule has 2 rings (SSSR count). The minimum Gasteiger partial charge on any atom is -0.493 e. The van der Waals surface area contributed by atoms with Gasteiger partial charge in [-0.15, -0.1) is 0 Å². The molecule has 0 bridgehead atoms. The van der Waals surface area contributed by atoms with Gasteiger partial charge in [-0.1, -0.05) is 6.07 Å². The van der Waals surface area contributed by atoms with E-state index in [4.69, 9.17) is 14.7 Å². The van der Waals surface area contributed by atoms with Crippen LogP contribution in [0.15, 0.2) is 42.6 Å². The van der Waals surface area contributed by atoms with Crippen molar-refractivity contribution in [2.45, 2.75) is 6.54 Å². The van der Waals surface area contributed by atoms with Gasteiger partial charge < -0.3 is 9.47 Å². The normalized spacial score (nSPS) is 9.74. The number of nitriles is 1. The van der Waals surface area contributed by atoms with Crippen LogP contribution in [0, 0.1) is 11.3 Å². The maximum atomic E-state index is 9.10. The quantitative estimate of drug-likeness (QED) is 0.784. The Labute approximate surface area is 112 Å². The minimum atomic E-state index is 0.560. The van der Waals surface area contributed by atoms with E-state index in [-0.39, 0.29) is 0 Å². The summed E-state index contributed by atoms with van der Waals surface area (Å²) < 4.78 is 12.5. The molecule has 0 fully saturated rings. The van der Waals surface area contributed by atoms with E-state index >= 15 is 0 Å². The summed E-state index contributed by atoms with van der Waals surface area (Å²) in [6.45, 7) is 0.560. The molecule has 1 aromatic heterocycles. The first-order chi connectivity index (χ1) is 9.30. The van der Waals surface area contributed by atoms with Crippen molar-refractivity contribution >= 4 is 0 Å². The third kappa shape index (κ3) is 2.66. The van der Waals surface area contributed by atoms with Gasteiger partial charge in [-0.2, -0.15) is 9.83 Å². The van der Waals surface area contributed by atoms with Gasteiger partial charge in [0.25, 0.3) is 5.69 Å². The SMILES string of the molecule is COc1cccc(C[n+]2ccccc2C#N)c1OC. The van der Waals surface area contributed by atoms with Crippen LogP contribution in [0.25, 0.3) is 0 Å². The third-order valence-corrected chi connectivity index (χ3v) is 2.88. The summed E-state index contributed by atoms with van der Waals surface area (Å²) in [4.78, 5) is 0. The van der Waals surface area contributed by atoms with Crippen LogP contribution in [0.2, 0.25) is 0 Å². The zero-order chi connectivity index (χ0) is 13.7. The summed E-state index contributed by atoms with van der Waals surface area (Å²) in [6, 6.07) is 13.4. The number of nitrogens with zero attached hydrogens (tertiary/aromatic N) is 2. The van der Waals surface area contributed by atoms with Crippen molar-refractivity contribution in [1.82, 2.24) is 0 Å². The summed E-state index contributed by atoms with van der Waals surface area (Å²) in [5.41, 5.74) is 1.57. The molecule has 0 spiro atoms. The molecule has 0 atom stereocenters. The van der Waals surface area contributed by atoms with Crippen molar-refractivity contribution in [1.29, 1.82) is 5.26 Å². The van der Waals surface area contributed by atoms with Gasteiger partial charge >= 0.3 is 0 Å². The number of aromatic nitrogens is 1. The number of rotatable bonds is 4. The predicted molar refractivity (Wildman–Crippen MR) is 70.0 cm³/mol. The molecule has 0 aliphatic carbocycles. The Morgan fingerprint density at radius 3 is 2.63 bits per heavy atom. The van der Waals surface area contributed by atoms with E-state index in [1.165, 1.54) is 0 Å². The Morgan fingerprint density at radius 2 is 1.95 bits per heavy atom. The molecule has 1 aromatic carbocycles. The molecule has 0 aliphatic rings. The van der Waals surface area contributed by atoms with Crippen molar-refractivity contribution in [2.24, 2.45) is 0 Å². The van der Waals surface area contributed by atoms with Gasteiger partial charge in [0.15, 0.2) is 30.3 Å². The Hall–Kier alpha value is -2.54. The average molecular weight is 255 g/mol. The molecule has 0 radical (unpaired) electrons. The Balaban J connectivity index is 2.41. The largest absolute Gasteiger partial charge is 0.493 e. The van der Waals surface area contributed by atoms with Crippen molar-refractivity contribution in [3.63, 3.8) is 0 Å². The molecule has 1 heterocycles. The number of para-hydroxylation sites is 1. The second kappa shape index (κ2) is 5.87. The molecular weight excluding hydrogens is 240 g/mol. The van der Waals surface area contributed by atoms with Gasteiger partial charge in [0.05, 0.1) is 19.8 Å². The molecule has 0 unspecified atom stereocenters. The Bertz CT molecular complexity index is 618. The van der Waals surface area contributed by atoms with Crippen LogP contribution in [-0.4, -0.2) is 14.2 Å². The van der Waals surface area contributed by atoms with E-state index in [1.54, 1.807) is 20.3 Å². The van der Waals surface area contributed by atoms with E-state index in [2.05, 4.69) is 6.07 Å². The van der Waals surface area contributed by atoms with Crippen molar-refractivity contribution in [3.8, 4) is 17.6 Å². The number of hydrogen-bond donors (Lipinski definition) is 0. The predicted octanol–water partition coefficient (Wildman–Crippen LogP) is 1.91. The first-order valence-electron chi connectivity index (χ1n) is 5.88. The smallest absolute Gasteiger partial charge is 0.283 e. The number of pyridine rings is 1. The molecule has 2 aromatic rings. The van der Waals surface area contributed by atoms with E-state index in [1.807, 2.05) is 41.1 Å². The van der Waals surface area contributed by atoms with Crippen LogP contribution >= 0.6 is 0 Å². The second-order valence-electron chi connectivity index (χ2n) is 3.98. The molecule has 4 heteroatoms. The van der Waals surface area contributed by atoms with Crippen LogP contribution in [0.3, 0.4) is 0 Å². The first-order valence-corrected chi connectivity index (χ1v) is 5.88. The van der Waals surface area contributed by atoms with Gasteiger partial charge in [-0.25, -0.2) is 0 Å². The lowest BCUT2D eigenvalue weighted by Gasteiger charge is -2.10. The summed E-state index contributed by atoms with van der Waals surface area (Å²) in [7, 11) is 3.22. The van der Waals surface area contributed by atoms with Gasteiger partial charge in [0, 0.05) is 12.1 Å². The lowest BCUT2D eigenvalue weighted by molar-refractivity contribution is -0.690. The fourth-order valence-electron chi connectivity index (χ4n) is 1.98. The molecule has 0 amide bonds. The topological polar surface area (TPSA) is 46.1 Å². The van der Waals surface area contributed by atoms with Gasteiger partial charge in [-0.05, 0) is 18.2 Å². The maximum absolute atomic E-state index is 9.10.